The van der Waals surface area contributed by atoms with E-state index in [0.717, 1.165) is 66.1 Å². The molecule has 0 aliphatic heterocycles. The molecule has 0 radical (unpaired) electrons. The molecular formula is C71H64N6O6. The summed E-state index contributed by atoms with van der Waals surface area (Å²) in [6.45, 7) is 0.348. The van der Waals surface area contributed by atoms with Crippen LogP contribution in [0.3, 0.4) is 0 Å². The Morgan fingerprint density at radius 3 is 1.08 bits per heavy atom. The summed E-state index contributed by atoms with van der Waals surface area (Å²) in [6, 6.07) is 80.2. The van der Waals surface area contributed by atoms with Crippen LogP contribution in [-0.2, 0) is 21.4 Å². The number of aromatic nitrogens is 3. The lowest BCUT2D eigenvalue weighted by Gasteiger charge is -2.19. The first-order valence-electron chi connectivity index (χ1n) is 27.1. The summed E-state index contributed by atoms with van der Waals surface area (Å²) >= 11 is 0. The summed E-state index contributed by atoms with van der Waals surface area (Å²) in [6.07, 6.45) is 4.90. The number of nitrogens with one attached hydrogen (secondary N) is 5. The van der Waals surface area contributed by atoms with Gasteiger partial charge in [-0.2, -0.15) is 0 Å². The van der Waals surface area contributed by atoms with Gasteiger partial charge in [-0.3, -0.25) is 28.8 Å². The molecule has 3 heterocycles. The van der Waals surface area contributed by atoms with Crippen molar-refractivity contribution in [3.8, 4) is 0 Å². The Bertz CT molecular complexity index is 4080. The van der Waals surface area contributed by atoms with Crippen molar-refractivity contribution in [2.24, 2.45) is 7.05 Å². The number of nitrogens with zero attached hydrogens (tertiary/aromatic N) is 1. The minimum atomic E-state index is -0.627. The van der Waals surface area contributed by atoms with Crippen LogP contribution in [0.25, 0.3) is 32.7 Å². The molecule has 0 fully saturated rings. The van der Waals surface area contributed by atoms with Gasteiger partial charge >= 0.3 is 0 Å². The molecule has 12 nitrogen and oxygen atoms in total. The number of aryl methyl sites for hydroxylation is 1. The molecule has 0 aliphatic rings. The summed E-state index contributed by atoms with van der Waals surface area (Å²) in [4.78, 5) is 82.7. The lowest BCUT2D eigenvalue weighted by Crippen LogP contribution is -2.35. The monoisotopic (exact) mass is 1100 g/mol. The standard InChI is InChI=1S/2C24H20N2O2.C23H18N2O2.3H2/c1-26-16-20(19-14-8-9-15-21(19)26)23(27)24(28)25-22(17-10-4-2-5-11-17)18-12-6-3-7-13-18;27-23(21-16-25-22-14-8-7-13-19(21)22)24(28)26-15-20(17-9-3-1-4-10-17)18-11-5-2-6-12-18;26-22(19-15-24-20-14-8-7-13-18(19)20)23(27)25-21(16-9-3-1-4-10-16)17-11-5-2-6-12-17;;;/h2-16,22H,1H3,(H,25,28);1-14,16,20,25H,15H2,(H,26,28);1-15,21,24H,(H,25,27);3*1H. The van der Waals surface area contributed by atoms with E-state index < -0.39 is 47.2 Å². The fourth-order valence-electron chi connectivity index (χ4n) is 10.2. The number of fused-ring (bicyclic) bond motifs is 3. The lowest BCUT2D eigenvalue weighted by molar-refractivity contribution is -0.118. The third kappa shape index (κ3) is 13.0. The number of carbonyl (C=O) groups is 6. The molecule has 0 aliphatic carbocycles. The van der Waals surface area contributed by atoms with Crippen molar-refractivity contribution in [1.82, 2.24) is 30.5 Å². The first kappa shape index (κ1) is 55.3. The van der Waals surface area contributed by atoms with Crippen molar-refractivity contribution in [1.29, 1.82) is 0 Å². The van der Waals surface area contributed by atoms with Crippen LogP contribution in [-0.4, -0.2) is 56.2 Å². The van der Waals surface area contributed by atoms with Gasteiger partial charge in [-0.1, -0.05) is 237 Å². The van der Waals surface area contributed by atoms with E-state index >= 15 is 0 Å². The van der Waals surface area contributed by atoms with Crippen molar-refractivity contribution in [2.75, 3.05) is 6.54 Å². The van der Waals surface area contributed by atoms with Gasteiger partial charge in [0.05, 0.1) is 28.8 Å². The van der Waals surface area contributed by atoms with Gasteiger partial charge in [0.2, 0.25) is 0 Å². The fourth-order valence-corrected chi connectivity index (χ4v) is 10.2. The van der Waals surface area contributed by atoms with Crippen LogP contribution in [0.4, 0.5) is 0 Å². The van der Waals surface area contributed by atoms with Gasteiger partial charge < -0.3 is 30.5 Å². The molecular weight excluding hydrogens is 1030 g/mol. The van der Waals surface area contributed by atoms with Gasteiger partial charge in [0.15, 0.2) is 0 Å². The average molecular weight is 1100 g/mol. The molecule has 9 aromatic carbocycles. The van der Waals surface area contributed by atoms with E-state index in [4.69, 9.17) is 0 Å². The first-order chi connectivity index (χ1) is 40.6. The van der Waals surface area contributed by atoms with Crippen LogP contribution in [0, 0.1) is 0 Å². The summed E-state index contributed by atoms with van der Waals surface area (Å²) in [5, 5.41) is 10.9. The SMILES string of the molecule is Cn1cc(C(=O)C(=O)NC(c2ccccc2)c2ccccc2)c2ccccc21.O=C(NC(c1ccccc1)c1ccccc1)C(=O)c1c[nH]c2ccccc12.O=C(NCC(c1ccccc1)c1ccccc1)C(=O)c1c[nH]c2ccccc12.[HH].[HH].[HH]. The summed E-state index contributed by atoms with van der Waals surface area (Å²) < 4.78 is 1.86. The Balaban J connectivity index is 0.000000181. The number of hydrogen-bond acceptors (Lipinski definition) is 6. The highest BCUT2D eigenvalue weighted by Crippen LogP contribution is 2.28. The maximum atomic E-state index is 12.9. The van der Waals surface area contributed by atoms with E-state index in [-0.39, 0.29) is 10.2 Å². The van der Waals surface area contributed by atoms with E-state index in [1.807, 2.05) is 266 Å². The van der Waals surface area contributed by atoms with Crippen molar-refractivity contribution in [2.45, 2.75) is 18.0 Å². The highest BCUT2D eigenvalue weighted by Gasteiger charge is 2.27. The largest absolute Gasteiger partial charge is 0.360 e. The Hall–Kier alpha value is -11.0. The topological polar surface area (TPSA) is 175 Å². The zero-order chi connectivity index (χ0) is 57.5. The third-order valence-electron chi connectivity index (χ3n) is 14.4. The van der Waals surface area contributed by atoms with E-state index in [1.54, 1.807) is 18.6 Å². The average Bonchev–Trinajstić information content (AvgIpc) is 4.49. The number of amides is 3. The fraction of sp³-hybridized carbons (Fsp3) is 0.0704. The lowest BCUT2D eigenvalue weighted by atomic mass is 9.91. The molecule has 12 aromatic rings. The van der Waals surface area contributed by atoms with E-state index in [2.05, 4.69) is 25.9 Å². The Morgan fingerprint density at radius 2 is 0.687 bits per heavy atom. The molecule has 414 valence electrons. The van der Waals surface area contributed by atoms with Crippen LogP contribution in [0.5, 0.6) is 0 Å². The van der Waals surface area contributed by atoms with Crippen LogP contribution < -0.4 is 16.0 Å². The number of Topliss-reactive ketones (excluding diaryl/α,β-unsaturated/α-hetero) is 3. The normalized spacial score (nSPS) is 10.9. The molecule has 3 aromatic heterocycles. The number of ketones is 3. The second-order valence-electron chi connectivity index (χ2n) is 19.7. The van der Waals surface area contributed by atoms with E-state index in [1.165, 1.54) is 0 Å². The summed E-state index contributed by atoms with van der Waals surface area (Å²) in [7, 11) is 1.87. The molecule has 12 heteroatoms. The van der Waals surface area contributed by atoms with Crippen molar-refractivity contribution < 1.29 is 33.0 Å². The quantitative estimate of drug-likeness (QED) is 0.0475. The van der Waals surface area contributed by atoms with Gasteiger partial charge in [0.25, 0.3) is 35.1 Å². The number of benzene rings is 9. The summed E-state index contributed by atoms with van der Waals surface area (Å²) in [5.74, 6) is -3.48. The van der Waals surface area contributed by atoms with Crippen molar-refractivity contribution >= 4 is 67.8 Å². The molecule has 0 atom stereocenters. The van der Waals surface area contributed by atoms with Gasteiger partial charge in [-0.05, 0) is 51.6 Å². The van der Waals surface area contributed by atoms with Crippen molar-refractivity contribution in [3.05, 3.63) is 323 Å². The molecule has 0 saturated heterocycles. The van der Waals surface area contributed by atoms with Crippen molar-refractivity contribution in [3.63, 3.8) is 0 Å². The number of rotatable bonds is 16. The molecule has 0 spiro atoms. The van der Waals surface area contributed by atoms with Crippen LogP contribution in [0.1, 0.15) is 86.7 Å². The maximum absolute atomic E-state index is 12.9. The Morgan fingerprint density at radius 1 is 0.373 bits per heavy atom. The molecule has 0 unspecified atom stereocenters. The van der Waals surface area contributed by atoms with Gasteiger partial charge in [-0.25, -0.2) is 0 Å². The first-order valence-corrected chi connectivity index (χ1v) is 27.1. The zero-order valence-electron chi connectivity index (χ0n) is 45.3. The van der Waals surface area contributed by atoms with E-state index in [9.17, 15) is 28.8 Å². The number of para-hydroxylation sites is 3. The molecule has 5 N–H and O–H groups in total. The molecule has 83 heavy (non-hydrogen) atoms. The predicted octanol–water partition coefficient (Wildman–Crippen LogP) is 13.6. The molecule has 0 saturated carbocycles. The third-order valence-corrected chi connectivity index (χ3v) is 14.4. The second kappa shape index (κ2) is 26.3. The van der Waals surface area contributed by atoms with Gasteiger partial charge in [0.1, 0.15) is 0 Å². The Kier molecular flexibility index (Phi) is 17.5. The van der Waals surface area contributed by atoms with Crippen LogP contribution in [0.2, 0.25) is 0 Å². The van der Waals surface area contributed by atoms with Gasteiger partial charge in [0, 0.05) is 75.1 Å². The number of hydrogen-bond donors (Lipinski definition) is 5. The van der Waals surface area contributed by atoms with Crippen LogP contribution >= 0.6 is 0 Å². The second-order valence-corrected chi connectivity index (χ2v) is 19.7. The Labute approximate surface area is 484 Å². The minimum absolute atomic E-state index is 0. The number of carbonyl (C=O) groups excluding carboxylic acids is 6. The number of aromatic amines is 2. The molecule has 3 amide bonds. The highest BCUT2D eigenvalue weighted by molar-refractivity contribution is 6.46. The smallest absolute Gasteiger partial charge is 0.293 e. The maximum Gasteiger partial charge on any atom is 0.293 e. The zero-order valence-corrected chi connectivity index (χ0v) is 45.3. The molecule has 12 rings (SSSR count). The number of H-pyrrole nitrogens is 2. The van der Waals surface area contributed by atoms with Gasteiger partial charge in [-0.15, -0.1) is 0 Å². The molecule has 0 bridgehead atoms. The van der Waals surface area contributed by atoms with E-state index in [0.29, 0.717) is 23.2 Å². The summed E-state index contributed by atoms with van der Waals surface area (Å²) in [5.41, 5.74) is 9.64. The minimum Gasteiger partial charge on any atom is -0.360 e. The predicted molar refractivity (Wildman–Crippen MR) is 332 cm³/mol. The van der Waals surface area contributed by atoms with Crippen LogP contribution in [0.15, 0.2) is 273 Å². The highest BCUT2D eigenvalue weighted by atomic mass is 16.2.